The van der Waals surface area contributed by atoms with E-state index in [1.54, 1.807) is 14.2 Å². The Bertz CT molecular complexity index is 427. The molecule has 0 aliphatic rings. The molecule has 1 rings (SSSR count). The van der Waals surface area contributed by atoms with Crippen LogP contribution in [0, 0.1) is 0 Å². The third-order valence-corrected chi connectivity index (χ3v) is 2.64. The summed E-state index contributed by atoms with van der Waals surface area (Å²) in [5.74, 6) is 2.12. The molecule has 0 saturated heterocycles. The minimum absolute atomic E-state index is 0.0716. The van der Waals surface area contributed by atoms with Gasteiger partial charge in [0.1, 0.15) is 23.9 Å². The summed E-state index contributed by atoms with van der Waals surface area (Å²) in [6, 6.07) is 5.46. The fourth-order valence-electron chi connectivity index (χ4n) is 1.49. The topological polar surface area (TPSA) is 39.7 Å². The average molecular weight is 279 g/mol. The third-order valence-electron chi connectivity index (χ3n) is 2.64. The summed E-state index contributed by atoms with van der Waals surface area (Å²) >= 11 is 0. The van der Waals surface area contributed by atoms with Crippen LogP contribution in [0.25, 0.3) is 0 Å². The summed E-state index contributed by atoms with van der Waals surface area (Å²) in [4.78, 5) is 0. The predicted octanol–water partition coefficient (Wildman–Crippen LogP) is 3.03. The van der Waals surface area contributed by atoms with Crippen molar-refractivity contribution in [2.75, 3.05) is 27.4 Å². The van der Waals surface area contributed by atoms with Crippen LogP contribution in [0.4, 0.5) is 0 Å². The van der Waals surface area contributed by atoms with Gasteiger partial charge in [-0.2, -0.15) is 0 Å². The van der Waals surface area contributed by atoms with E-state index in [1.165, 1.54) is 0 Å². The highest BCUT2D eigenvalue weighted by molar-refractivity contribution is 5.42. The highest BCUT2D eigenvalue weighted by atomic mass is 16.5. The first kappa shape index (κ1) is 16.4. The van der Waals surface area contributed by atoms with Gasteiger partial charge in [-0.25, -0.2) is 0 Å². The maximum Gasteiger partial charge on any atom is 0.127 e. The molecule has 0 aliphatic heterocycles. The first-order valence-corrected chi connectivity index (χ1v) is 6.61. The first-order valence-electron chi connectivity index (χ1n) is 6.61. The lowest BCUT2D eigenvalue weighted by Gasteiger charge is -2.21. The van der Waals surface area contributed by atoms with Gasteiger partial charge in [0.25, 0.3) is 0 Å². The number of benzene rings is 1. The molecule has 4 nitrogen and oxygen atoms in total. The van der Waals surface area contributed by atoms with Gasteiger partial charge < -0.3 is 19.5 Å². The standard InChI is InChI=1S/C16H25NO3/c1-12(10-17-16(2,3)4)11-20-15-8-13(18-5)7-14(9-15)19-6/h7-9,17H,1,10-11H2,2-6H3. The lowest BCUT2D eigenvalue weighted by Crippen LogP contribution is -2.37. The molecule has 0 aromatic heterocycles. The second-order valence-electron chi connectivity index (χ2n) is 5.69. The second-order valence-corrected chi connectivity index (χ2v) is 5.69. The quantitative estimate of drug-likeness (QED) is 0.779. The lowest BCUT2D eigenvalue weighted by atomic mass is 10.1. The van der Waals surface area contributed by atoms with Gasteiger partial charge in [-0.15, -0.1) is 0 Å². The van der Waals surface area contributed by atoms with Crippen molar-refractivity contribution >= 4 is 0 Å². The fourth-order valence-corrected chi connectivity index (χ4v) is 1.49. The monoisotopic (exact) mass is 279 g/mol. The normalized spacial score (nSPS) is 11.1. The highest BCUT2D eigenvalue weighted by Gasteiger charge is 2.09. The first-order chi connectivity index (χ1) is 9.34. The Labute approximate surface area is 121 Å². The van der Waals surface area contributed by atoms with E-state index in [-0.39, 0.29) is 5.54 Å². The average Bonchev–Trinajstić information content (AvgIpc) is 2.41. The number of methoxy groups -OCH3 is 2. The highest BCUT2D eigenvalue weighted by Crippen LogP contribution is 2.27. The van der Waals surface area contributed by atoms with Crippen LogP contribution in [0.5, 0.6) is 17.2 Å². The smallest absolute Gasteiger partial charge is 0.127 e. The molecule has 0 bridgehead atoms. The zero-order chi connectivity index (χ0) is 15.2. The van der Waals surface area contributed by atoms with Gasteiger partial charge in [0, 0.05) is 30.3 Å². The summed E-state index contributed by atoms with van der Waals surface area (Å²) in [6.45, 7) is 11.5. The van der Waals surface area contributed by atoms with E-state index >= 15 is 0 Å². The van der Waals surface area contributed by atoms with E-state index in [0.29, 0.717) is 23.9 Å². The van der Waals surface area contributed by atoms with E-state index in [4.69, 9.17) is 14.2 Å². The summed E-state index contributed by atoms with van der Waals surface area (Å²) in [5, 5.41) is 3.37. The molecule has 20 heavy (non-hydrogen) atoms. The van der Waals surface area contributed by atoms with Gasteiger partial charge in [-0.3, -0.25) is 0 Å². The molecule has 0 aliphatic carbocycles. The van der Waals surface area contributed by atoms with Crippen molar-refractivity contribution in [1.82, 2.24) is 5.32 Å². The molecular weight excluding hydrogens is 254 g/mol. The van der Waals surface area contributed by atoms with Crippen molar-refractivity contribution in [3.8, 4) is 17.2 Å². The number of hydrogen-bond acceptors (Lipinski definition) is 4. The predicted molar refractivity (Wildman–Crippen MR) is 81.9 cm³/mol. The molecule has 1 aromatic carbocycles. The maximum absolute atomic E-state index is 5.72. The van der Waals surface area contributed by atoms with Crippen LogP contribution in [0.2, 0.25) is 0 Å². The molecule has 112 valence electrons. The SMILES string of the molecule is C=C(CNC(C)(C)C)COc1cc(OC)cc(OC)c1. The molecule has 0 spiro atoms. The maximum atomic E-state index is 5.72. The number of rotatable bonds is 7. The third kappa shape index (κ3) is 5.97. The van der Waals surface area contributed by atoms with Crippen molar-refractivity contribution in [3.63, 3.8) is 0 Å². The Hall–Kier alpha value is -1.68. The molecule has 0 fully saturated rings. The minimum atomic E-state index is 0.0716. The van der Waals surface area contributed by atoms with Crippen LogP contribution in [0.15, 0.2) is 30.4 Å². The zero-order valence-electron chi connectivity index (χ0n) is 13.1. The van der Waals surface area contributed by atoms with Gasteiger partial charge in [0.05, 0.1) is 14.2 Å². The van der Waals surface area contributed by atoms with E-state index in [2.05, 4.69) is 32.7 Å². The van der Waals surface area contributed by atoms with Crippen LogP contribution in [0.1, 0.15) is 20.8 Å². The molecule has 0 radical (unpaired) electrons. The van der Waals surface area contributed by atoms with E-state index in [0.717, 1.165) is 12.1 Å². The molecule has 0 atom stereocenters. The molecule has 1 N–H and O–H groups in total. The van der Waals surface area contributed by atoms with Gasteiger partial charge in [0.2, 0.25) is 0 Å². The number of hydrogen-bond donors (Lipinski definition) is 1. The summed E-state index contributed by atoms with van der Waals surface area (Å²) in [5.41, 5.74) is 1.06. The Kier molecular flexibility index (Phi) is 5.89. The molecular formula is C16H25NO3. The Morgan fingerprint density at radius 2 is 1.55 bits per heavy atom. The Morgan fingerprint density at radius 3 is 2.00 bits per heavy atom. The summed E-state index contributed by atoms with van der Waals surface area (Å²) in [6.07, 6.45) is 0. The van der Waals surface area contributed by atoms with Gasteiger partial charge >= 0.3 is 0 Å². The van der Waals surface area contributed by atoms with E-state index in [9.17, 15) is 0 Å². The zero-order valence-corrected chi connectivity index (χ0v) is 13.1. The lowest BCUT2D eigenvalue weighted by molar-refractivity contribution is 0.332. The van der Waals surface area contributed by atoms with Crippen LogP contribution in [-0.4, -0.2) is 32.9 Å². The van der Waals surface area contributed by atoms with Crippen LogP contribution in [-0.2, 0) is 0 Å². The Morgan fingerprint density at radius 1 is 1.05 bits per heavy atom. The minimum Gasteiger partial charge on any atom is -0.496 e. The summed E-state index contributed by atoms with van der Waals surface area (Å²) < 4.78 is 16.1. The van der Waals surface area contributed by atoms with Gasteiger partial charge in [-0.1, -0.05) is 6.58 Å². The van der Waals surface area contributed by atoms with Crippen molar-refractivity contribution < 1.29 is 14.2 Å². The number of nitrogens with one attached hydrogen (secondary N) is 1. The van der Waals surface area contributed by atoms with Gasteiger partial charge in [-0.05, 0) is 26.3 Å². The molecule has 1 aromatic rings. The van der Waals surface area contributed by atoms with Crippen molar-refractivity contribution in [3.05, 3.63) is 30.4 Å². The van der Waals surface area contributed by atoms with E-state index < -0.39 is 0 Å². The second kappa shape index (κ2) is 7.20. The largest absolute Gasteiger partial charge is 0.496 e. The molecule has 0 amide bonds. The molecule has 0 unspecified atom stereocenters. The molecule has 0 heterocycles. The van der Waals surface area contributed by atoms with Crippen molar-refractivity contribution in [2.45, 2.75) is 26.3 Å². The molecule has 0 saturated carbocycles. The van der Waals surface area contributed by atoms with Crippen LogP contribution in [0.3, 0.4) is 0 Å². The number of ether oxygens (including phenoxy) is 3. The molecule has 4 heteroatoms. The Balaban J connectivity index is 2.54. The fraction of sp³-hybridized carbons (Fsp3) is 0.500. The summed E-state index contributed by atoms with van der Waals surface area (Å²) in [7, 11) is 3.23. The van der Waals surface area contributed by atoms with Crippen molar-refractivity contribution in [1.29, 1.82) is 0 Å². The van der Waals surface area contributed by atoms with Crippen LogP contribution < -0.4 is 19.5 Å². The van der Waals surface area contributed by atoms with E-state index in [1.807, 2.05) is 18.2 Å². The van der Waals surface area contributed by atoms with Gasteiger partial charge in [0.15, 0.2) is 0 Å². The van der Waals surface area contributed by atoms with Crippen LogP contribution >= 0.6 is 0 Å². The van der Waals surface area contributed by atoms with Crippen molar-refractivity contribution in [2.24, 2.45) is 0 Å².